The lowest BCUT2D eigenvalue weighted by Crippen LogP contribution is -2.54. The largest absolute Gasteiger partial charge is 0.453 e. The van der Waals surface area contributed by atoms with Crippen LogP contribution in [0.3, 0.4) is 0 Å². The normalized spacial score (nSPS) is 18.3. The fourth-order valence-corrected chi connectivity index (χ4v) is 6.50. The SMILES string of the molecule is COC(=O)NC(C(=O)N1CCCC1C(N)=N/C=C/C#Cc1ccc(-c2cnc([C@@H]3CCCN3C(=O)OC(C)(C)C)[nH]2)cc1-c1ccccc1)C(C)C. The number of ether oxygens (including phenoxy) is 2. The second-order valence-electron chi connectivity index (χ2n) is 14.3. The maximum atomic E-state index is 13.4. The van der Waals surface area contributed by atoms with Crippen molar-refractivity contribution in [2.24, 2.45) is 16.6 Å². The van der Waals surface area contributed by atoms with Gasteiger partial charge in [0.25, 0.3) is 0 Å². The molecule has 5 rings (SSSR count). The van der Waals surface area contributed by atoms with Gasteiger partial charge in [-0.2, -0.15) is 0 Å². The lowest BCUT2D eigenvalue weighted by molar-refractivity contribution is -0.134. The highest BCUT2D eigenvalue weighted by molar-refractivity contribution is 5.94. The van der Waals surface area contributed by atoms with Crippen LogP contribution in [0.5, 0.6) is 0 Å². The van der Waals surface area contributed by atoms with Gasteiger partial charge in [-0.15, -0.1) is 0 Å². The van der Waals surface area contributed by atoms with E-state index in [2.05, 4.69) is 38.2 Å². The van der Waals surface area contributed by atoms with Gasteiger partial charge in [0.1, 0.15) is 23.3 Å². The van der Waals surface area contributed by atoms with Gasteiger partial charge in [-0.3, -0.25) is 9.69 Å². The molecule has 2 fully saturated rings. The van der Waals surface area contributed by atoms with Crippen LogP contribution in [0, 0.1) is 17.8 Å². The van der Waals surface area contributed by atoms with E-state index >= 15 is 0 Å². The molecule has 2 unspecified atom stereocenters. The van der Waals surface area contributed by atoms with Crippen LogP contribution >= 0.6 is 0 Å². The third-order valence-corrected chi connectivity index (χ3v) is 9.06. The highest BCUT2D eigenvalue weighted by Crippen LogP contribution is 2.34. The molecule has 274 valence electrons. The van der Waals surface area contributed by atoms with E-state index in [1.807, 2.05) is 77.1 Å². The molecule has 0 saturated carbocycles. The lowest BCUT2D eigenvalue weighted by Gasteiger charge is -2.30. The first kappa shape index (κ1) is 37.7. The molecule has 3 amide bonds. The van der Waals surface area contributed by atoms with Crippen LogP contribution in [0.4, 0.5) is 9.59 Å². The second kappa shape index (κ2) is 16.6. The molecule has 0 spiro atoms. The van der Waals surface area contributed by atoms with E-state index in [0.29, 0.717) is 25.3 Å². The Bertz CT molecular complexity index is 1870. The number of rotatable bonds is 8. The van der Waals surface area contributed by atoms with Crippen LogP contribution in [0.1, 0.15) is 77.7 Å². The molecule has 2 aromatic carbocycles. The summed E-state index contributed by atoms with van der Waals surface area (Å²) in [5.41, 5.74) is 10.4. The van der Waals surface area contributed by atoms with Gasteiger partial charge in [-0.1, -0.05) is 62.1 Å². The van der Waals surface area contributed by atoms with Gasteiger partial charge in [0.2, 0.25) is 5.91 Å². The van der Waals surface area contributed by atoms with E-state index in [9.17, 15) is 14.4 Å². The van der Waals surface area contributed by atoms with E-state index in [-0.39, 0.29) is 30.0 Å². The Labute approximate surface area is 305 Å². The van der Waals surface area contributed by atoms with Crippen molar-refractivity contribution in [2.75, 3.05) is 20.2 Å². The molecule has 2 aliphatic rings. The molecular weight excluding hydrogens is 658 g/mol. The van der Waals surface area contributed by atoms with E-state index in [0.717, 1.165) is 53.0 Å². The number of allylic oxidation sites excluding steroid dienone is 1. The first-order valence-corrected chi connectivity index (χ1v) is 17.7. The Morgan fingerprint density at radius 1 is 1.06 bits per heavy atom. The summed E-state index contributed by atoms with van der Waals surface area (Å²) in [5, 5.41) is 2.64. The Balaban J connectivity index is 1.33. The number of nitrogens with zero attached hydrogens (tertiary/aromatic N) is 4. The number of hydrogen-bond donors (Lipinski definition) is 3. The summed E-state index contributed by atoms with van der Waals surface area (Å²) in [5.74, 6) is 7.02. The van der Waals surface area contributed by atoms with Crippen molar-refractivity contribution in [3.8, 4) is 34.2 Å². The summed E-state index contributed by atoms with van der Waals surface area (Å²) < 4.78 is 10.4. The molecule has 0 aliphatic carbocycles. The molecule has 2 saturated heterocycles. The number of aromatic nitrogens is 2. The smallest absolute Gasteiger partial charge is 0.410 e. The molecule has 0 bridgehead atoms. The third kappa shape index (κ3) is 9.20. The van der Waals surface area contributed by atoms with Crippen molar-refractivity contribution < 1.29 is 23.9 Å². The third-order valence-electron chi connectivity index (χ3n) is 9.06. The first-order valence-electron chi connectivity index (χ1n) is 17.7. The van der Waals surface area contributed by atoms with Crippen molar-refractivity contribution in [1.29, 1.82) is 0 Å². The number of imidazole rings is 1. The summed E-state index contributed by atoms with van der Waals surface area (Å²) in [4.78, 5) is 54.1. The number of hydrogen-bond acceptors (Lipinski definition) is 7. The van der Waals surface area contributed by atoms with Gasteiger partial charge in [0, 0.05) is 36.5 Å². The Kier molecular flexibility index (Phi) is 12.1. The van der Waals surface area contributed by atoms with Crippen LogP contribution < -0.4 is 11.1 Å². The fourth-order valence-electron chi connectivity index (χ4n) is 6.50. The van der Waals surface area contributed by atoms with Crippen molar-refractivity contribution in [1.82, 2.24) is 25.1 Å². The van der Waals surface area contributed by atoms with E-state index in [1.165, 1.54) is 7.11 Å². The first-order chi connectivity index (χ1) is 24.9. The molecule has 3 aromatic rings. The lowest BCUT2D eigenvalue weighted by atomic mass is 9.96. The summed E-state index contributed by atoms with van der Waals surface area (Å²) >= 11 is 0. The molecule has 1 aromatic heterocycles. The van der Waals surface area contributed by atoms with Crippen LogP contribution in [-0.4, -0.2) is 81.6 Å². The van der Waals surface area contributed by atoms with Gasteiger partial charge in [-0.05, 0) is 75.6 Å². The molecular formula is C40H49N7O5. The van der Waals surface area contributed by atoms with Gasteiger partial charge in [0.15, 0.2) is 0 Å². The number of aliphatic imine (C=N–C) groups is 1. The van der Waals surface area contributed by atoms with Crippen LogP contribution in [-0.2, 0) is 14.3 Å². The van der Waals surface area contributed by atoms with Gasteiger partial charge >= 0.3 is 12.2 Å². The average Bonchev–Trinajstić information content (AvgIpc) is 3.91. The number of likely N-dealkylation sites (tertiary alicyclic amines) is 2. The van der Waals surface area contributed by atoms with Crippen molar-refractivity contribution in [3.63, 3.8) is 0 Å². The Morgan fingerprint density at radius 3 is 2.50 bits per heavy atom. The monoisotopic (exact) mass is 707 g/mol. The Hall–Kier alpha value is -5.57. The predicted octanol–water partition coefficient (Wildman–Crippen LogP) is 6.41. The quantitative estimate of drug-likeness (QED) is 0.139. The number of H-pyrrole nitrogens is 1. The molecule has 12 heteroatoms. The van der Waals surface area contributed by atoms with Crippen LogP contribution in [0.2, 0.25) is 0 Å². The minimum atomic E-state index is -0.732. The van der Waals surface area contributed by atoms with E-state index in [1.54, 1.807) is 28.3 Å². The standard InChI is InChI=1S/C40H49N7O5/c1-26(2)34(45-38(49)51-6)37(48)46-22-12-17-32(46)35(41)42-21-11-10-16-28-19-20-29(24-30(28)27-14-8-7-9-15-27)31-25-43-36(44-31)33-18-13-23-47(33)39(50)52-40(3,4)5/h7-9,11,14-15,19-21,24-26,32-34H,12-13,17-18,22-23H2,1-6H3,(H2,41,42)(H,43,44)(H,45,49)/b21-11+/t32?,33-,34?/m0/s1. The predicted molar refractivity (Wildman–Crippen MR) is 201 cm³/mol. The zero-order valence-corrected chi connectivity index (χ0v) is 30.8. The number of nitrogens with one attached hydrogen (secondary N) is 2. The number of amidine groups is 1. The zero-order valence-electron chi connectivity index (χ0n) is 30.8. The topological polar surface area (TPSA) is 155 Å². The highest BCUT2D eigenvalue weighted by atomic mass is 16.6. The maximum absolute atomic E-state index is 13.4. The number of amides is 3. The fraction of sp³-hybridized carbons (Fsp3) is 0.425. The summed E-state index contributed by atoms with van der Waals surface area (Å²) in [7, 11) is 1.27. The summed E-state index contributed by atoms with van der Waals surface area (Å²) in [6.45, 7) is 10.5. The highest BCUT2D eigenvalue weighted by Gasteiger charge is 2.37. The minimum Gasteiger partial charge on any atom is -0.453 e. The zero-order chi connectivity index (χ0) is 37.4. The number of alkyl carbamates (subject to hydrolysis) is 1. The number of nitrogens with two attached hydrogens (primary N) is 1. The molecule has 4 N–H and O–H groups in total. The van der Waals surface area contributed by atoms with E-state index in [4.69, 9.17) is 15.2 Å². The van der Waals surface area contributed by atoms with Crippen LogP contribution in [0.25, 0.3) is 22.4 Å². The van der Waals surface area contributed by atoms with Gasteiger partial charge in [0.05, 0.1) is 31.1 Å². The number of benzene rings is 2. The second-order valence-corrected chi connectivity index (χ2v) is 14.3. The number of carbonyl (C=O) groups excluding carboxylic acids is 3. The van der Waals surface area contributed by atoms with Crippen molar-refractivity contribution >= 4 is 23.9 Å². The number of methoxy groups -OCH3 is 1. The Morgan fingerprint density at radius 2 is 1.79 bits per heavy atom. The summed E-state index contributed by atoms with van der Waals surface area (Å²) in [6.07, 6.45) is 7.14. The van der Waals surface area contributed by atoms with Gasteiger partial charge < -0.3 is 30.4 Å². The molecule has 12 nitrogen and oxygen atoms in total. The molecule has 52 heavy (non-hydrogen) atoms. The van der Waals surface area contributed by atoms with Gasteiger partial charge in [-0.25, -0.2) is 19.6 Å². The van der Waals surface area contributed by atoms with Crippen molar-refractivity contribution in [3.05, 3.63) is 78.4 Å². The molecule has 3 atom stereocenters. The van der Waals surface area contributed by atoms with Crippen molar-refractivity contribution in [2.45, 2.75) is 84.0 Å². The molecule has 3 heterocycles. The molecule has 2 aliphatic heterocycles. The maximum Gasteiger partial charge on any atom is 0.410 e. The minimum absolute atomic E-state index is 0.137. The number of carbonyl (C=O) groups is 3. The summed E-state index contributed by atoms with van der Waals surface area (Å²) in [6, 6.07) is 14.8. The average molecular weight is 708 g/mol. The molecule has 0 radical (unpaired) electrons. The van der Waals surface area contributed by atoms with Crippen LogP contribution in [0.15, 0.2) is 72.0 Å². The number of aromatic amines is 1. The van der Waals surface area contributed by atoms with E-state index < -0.39 is 17.7 Å².